The molecule has 3 nitrogen and oxygen atoms in total. The van der Waals surface area contributed by atoms with Crippen molar-refractivity contribution in [2.24, 2.45) is 0 Å². The number of amides is 1. The van der Waals surface area contributed by atoms with E-state index in [0.717, 1.165) is 16.2 Å². The molecule has 0 bridgehead atoms. The lowest BCUT2D eigenvalue weighted by atomic mass is 10.1. The molecule has 2 rings (SSSR count). The molecule has 1 aromatic heterocycles. The number of rotatable bonds is 5. The zero-order valence-electron chi connectivity index (χ0n) is 11.1. The zero-order valence-corrected chi connectivity index (χ0v) is 11.9. The maximum Gasteiger partial charge on any atom is 0.261 e. The molecule has 0 fully saturated rings. The van der Waals surface area contributed by atoms with Gasteiger partial charge in [0.15, 0.2) is 0 Å². The van der Waals surface area contributed by atoms with Crippen molar-refractivity contribution in [2.45, 2.75) is 13.8 Å². The third-order valence-electron chi connectivity index (χ3n) is 2.95. The molecule has 1 aromatic carbocycles. The van der Waals surface area contributed by atoms with Crippen molar-refractivity contribution < 1.29 is 9.53 Å². The average Bonchev–Trinajstić information content (AvgIpc) is 2.93. The molecule has 100 valence electrons. The molecule has 0 spiro atoms. The molecule has 0 saturated heterocycles. The number of benzene rings is 1. The Hall–Kier alpha value is -1.81. The fourth-order valence-electron chi connectivity index (χ4n) is 1.70. The summed E-state index contributed by atoms with van der Waals surface area (Å²) >= 11 is 1.44. The van der Waals surface area contributed by atoms with Gasteiger partial charge >= 0.3 is 0 Å². The van der Waals surface area contributed by atoms with E-state index in [1.807, 2.05) is 36.6 Å². The van der Waals surface area contributed by atoms with E-state index >= 15 is 0 Å². The van der Waals surface area contributed by atoms with E-state index in [2.05, 4.69) is 18.3 Å². The number of thiophene rings is 1. The first kappa shape index (κ1) is 13.6. The molecule has 1 N–H and O–H groups in total. The molecule has 0 radical (unpaired) electrons. The van der Waals surface area contributed by atoms with Crippen molar-refractivity contribution in [1.29, 1.82) is 0 Å². The zero-order chi connectivity index (χ0) is 13.7. The molecule has 1 heterocycles. The fourth-order valence-corrected chi connectivity index (χ4v) is 2.34. The third-order valence-corrected chi connectivity index (χ3v) is 3.81. The fraction of sp³-hybridized carbons (Fsp3) is 0.267. The van der Waals surface area contributed by atoms with Crippen LogP contribution in [0, 0.1) is 13.8 Å². The van der Waals surface area contributed by atoms with Gasteiger partial charge in [0, 0.05) is 0 Å². The van der Waals surface area contributed by atoms with Crippen molar-refractivity contribution in [3.63, 3.8) is 0 Å². The maximum atomic E-state index is 11.7. The summed E-state index contributed by atoms with van der Waals surface area (Å²) in [6, 6.07) is 9.66. The van der Waals surface area contributed by atoms with Crippen LogP contribution < -0.4 is 10.1 Å². The van der Waals surface area contributed by atoms with Crippen LogP contribution in [0.1, 0.15) is 20.8 Å². The second-order valence-corrected chi connectivity index (χ2v) is 5.23. The number of aryl methyl sites for hydroxylation is 1. The van der Waals surface area contributed by atoms with Gasteiger partial charge in [-0.05, 0) is 42.5 Å². The quantitative estimate of drug-likeness (QED) is 0.851. The molecule has 0 atom stereocenters. The number of hydrogen-bond acceptors (Lipinski definition) is 3. The van der Waals surface area contributed by atoms with Crippen LogP contribution in [0.2, 0.25) is 0 Å². The molecule has 1 amide bonds. The van der Waals surface area contributed by atoms with Crippen LogP contribution in [0.15, 0.2) is 35.7 Å². The molecule has 0 unspecified atom stereocenters. The van der Waals surface area contributed by atoms with Crippen molar-refractivity contribution in [3.8, 4) is 5.75 Å². The van der Waals surface area contributed by atoms with Crippen LogP contribution in [0.3, 0.4) is 0 Å². The van der Waals surface area contributed by atoms with Crippen LogP contribution in [0.25, 0.3) is 0 Å². The van der Waals surface area contributed by atoms with Gasteiger partial charge in [-0.3, -0.25) is 4.79 Å². The summed E-state index contributed by atoms with van der Waals surface area (Å²) in [7, 11) is 0. The number of carbonyl (C=O) groups is 1. The van der Waals surface area contributed by atoms with Crippen LogP contribution in [-0.4, -0.2) is 19.1 Å². The van der Waals surface area contributed by atoms with E-state index in [9.17, 15) is 4.79 Å². The first-order chi connectivity index (χ1) is 9.18. The molecule has 0 aliphatic rings. The molecular formula is C15H17NO2S. The van der Waals surface area contributed by atoms with Gasteiger partial charge in [-0.2, -0.15) is 0 Å². The second kappa shape index (κ2) is 6.38. The highest BCUT2D eigenvalue weighted by atomic mass is 32.1. The normalized spacial score (nSPS) is 10.2. The first-order valence-corrected chi connectivity index (χ1v) is 7.07. The first-order valence-electron chi connectivity index (χ1n) is 6.19. The third kappa shape index (κ3) is 3.58. The van der Waals surface area contributed by atoms with Crippen LogP contribution in [0.5, 0.6) is 5.75 Å². The Bertz CT molecular complexity index is 549. The minimum atomic E-state index is -0.0421. The number of ether oxygens (including phenoxy) is 1. The lowest BCUT2D eigenvalue weighted by molar-refractivity contribution is 0.0951. The van der Waals surface area contributed by atoms with Crippen molar-refractivity contribution in [2.75, 3.05) is 13.2 Å². The van der Waals surface area contributed by atoms with Crippen LogP contribution >= 0.6 is 11.3 Å². The molecule has 0 saturated carbocycles. The summed E-state index contributed by atoms with van der Waals surface area (Å²) in [6.45, 7) is 5.07. The summed E-state index contributed by atoms with van der Waals surface area (Å²) in [4.78, 5) is 12.4. The highest BCUT2D eigenvalue weighted by Crippen LogP contribution is 2.20. The average molecular weight is 275 g/mol. The summed E-state index contributed by atoms with van der Waals surface area (Å²) in [5.41, 5.74) is 2.35. The van der Waals surface area contributed by atoms with Crippen molar-refractivity contribution in [3.05, 3.63) is 51.7 Å². The molecule has 0 aliphatic heterocycles. The molecule has 2 aromatic rings. The number of hydrogen-bond donors (Lipinski definition) is 1. The molecule has 4 heteroatoms. The molecular weight excluding hydrogens is 258 g/mol. The van der Waals surface area contributed by atoms with Crippen molar-refractivity contribution in [1.82, 2.24) is 5.32 Å². The minimum absolute atomic E-state index is 0.0421. The minimum Gasteiger partial charge on any atom is -0.491 e. The maximum absolute atomic E-state index is 11.7. The van der Waals surface area contributed by atoms with E-state index in [-0.39, 0.29) is 5.91 Å². The van der Waals surface area contributed by atoms with Gasteiger partial charge in [0.25, 0.3) is 5.91 Å². The predicted molar refractivity (Wildman–Crippen MR) is 78.1 cm³/mol. The van der Waals surface area contributed by atoms with Gasteiger partial charge in [-0.15, -0.1) is 11.3 Å². The Morgan fingerprint density at radius 1 is 1.26 bits per heavy atom. The van der Waals surface area contributed by atoms with Gasteiger partial charge in [-0.25, -0.2) is 0 Å². The highest BCUT2D eigenvalue weighted by molar-refractivity contribution is 7.12. The Morgan fingerprint density at radius 2 is 2.11 bits per heavy atom. The van der Waals surface area contributed by atoms with Gasteiger partial charge < -0.3 is 10.1 Å². The van der Waals surface area contributed by atoms with E-state index in [0.29, 0.717) is 13.2 Å². The molecule has 0 aliphatic carbocycles. The topological polar surface area (TPSA) is 38.3 Å². The van der Waals surface area contributed by atoms with Crippen molar-refractivity contribution >= 4 is 17.2 Å². The molecule has 19 heavy (non-hydrogen) atoms. The second-order valence-electron chi connectivity index (χ2n) is 4.28. The lowest BCUT2D eigenvalue weighted by Gasteiger charge is -2.11. The number of carbonyl (C=O) groups excluding carboxylic acids is 1. The smallest absolute Gasteiger partial charge is 0.261 e. The predicted octanol–water partition coefficient (Wildman–Crippen LogP) is 3.17. The summed E-state index contributed by atoms with van der Waals surface area (Å²) < 4.78 is 5.67. The Labute approximate surface area is 117 Å². The number of nitrogens with one attached hydrogen (secondary N) is 1. The van der Waals surface area contributed by atoms with Gasteiger partial charge in [0.2, 0.25) is 0 Å². The Morgan fingerprint density at radius 3 is 2.84 bits per heavy atom. The Balaban J connectivity index is 1.78. The largest absolute Gasteiger partial charge is 0.491 e. The summed E-state index contributed by atoms with van der Waals surface area (Å²) in [6.07, 6.45) is 0. The monoisotopic (exact) mass is 275 g/mol. The van der Waals surface area contributed by atoms with Gasteiger partial charge in [0.05, 0.1) is 11.4 Å². The Kier molecular flexibility index (Phi) is 4.58. The standard InChI is InChI=1S/C15H17NO2S/c1-11-5-3-6-13(12(11)2)18-9-8-16-15(17)14-7-4-10-19-14/h3-7,10H,8-9H2,1-2H3,(H,16,17). The van der Waals surface area contributed by atoms with Crippen LogP contribution in [0.4, 0.5) is 0 Å². The van der Waals surface area contributed by atoms with E-state index < -0.39 is 0 Å². The van der Waals surface area contributed by atoms with Gasteiger partial charge in [-0.1, -0.05) is 18.2 Å². The van der Waals surface area contributed by atoms with E-state index in [1.165, 1.54) is 16.9 Å². The van der Waals surface area contributed by atoms with E-state index in [1.54, 1.807) is 0 Å². The van der Waals surface area contributed by atoms with Gasteiger partial charge in [0.1, 0.15) is 12.4 Å². The SMILES string of the molecule is Cc1cccc(OCCNC(=O)c2cccs2)c1C. The highest BCUT2D eigenvalue weighted by Gasteiger charge is 2.05. The summed E-state index contributed by atoms with van der Waals surface area (Å²) in [5, 5.41) is 4.73. The summed E-state index contributed by atoms with van der Waals surface area (Å²) in [5.74, 6) is 0.838. The van der Waals surface area contributed by atoms with Crippen LogP contribution in [-0.2, 0) is 0 Å². The lowest BCUT2D eigenvalue weighted by Crippen LogP contribution is -2.27. The van der Waals surface area contributed by atoms with E-state index in [4.69, 9.17) is 4.74 Å².